The Hall–Kier alpha value is -1.29. The molecule has 0 aromatic heterocycles. The van der Waals surface area contributed by atoms with Crippen molar-refractivity contribution in [1.29, 1.82) is 0 Å². The minimum absolute atomic E-state index is 0.173. The number of hydrogen-bond acceptors (Lipinski definition) is 3. The maximum atomic E-state index is 11.8. The minimum Gasteiger partial charge on any atom is -0.291 e. The molecule has 4 heteroatoms. The van der Waals surface area contributed by atoms with Crippen molar-refractivity contribution in [1.82, 2.24) is 4.90 Å². The van der Waals surface area contributed by atoms with Crippen LogP contribution in [0, 0.1) is 13.8 Å². The van der Waals surface area contributed by atoms with Crippen molar-refractivity contribution in [3.05, 3.63) is 29.3 Å². The number of carbonyl (C=O) groups excluding carboxylic acids is 1. The van der Waals surface area contributed by atoms with Gasteiger partial charge in [-0.2, -0.15) is 0 Å². The number of para-hydroxylation sites is 1. The van der Waals surface area contributed by atoms with E-state index in [-0.39, 0.29) is 5.91 Å². The summed E-state index contributed by atoms with van der Waals surface area (Å²) in [6.07, 6.45) is 0.956. The molecule has 0 saturated carbocycles. The maximum absolute atomic E-state index is 11.8. The molecule has 1 aromatic carbocycles. The Bertz CT molecular complexity index is 476. The Morgan fingerprint density at radius 2 is 2.00 bits per heavy atom. The number of carbonyl (C=O) groups is 1. The molecule has 0 N–H and O–H groups in total. The summed E-state index contributed by atoms with van der Waals surface area (Å²) in [4.78, 5) is 18.3. The lowest BCUT2D eigenvalue weighted by atomic mass is 10.1. The van der Waals surface area contributed by atoms with Crippen molar-refractivity contribution in [3.8, 4) is 0 Å². The van der Waals surface area contributed by atoms with Crippen molar-refractivity contribution in [2.24, 2.45) is 4.99 Å². The Kier molecular flexibility index (Phi) is 4.07. The average Bonchev–Trinajstić information content (AvgIpc) is 2.67. The van der Waals surface area contributed by atoms with Gasteiger partial charge in [-0.1, -0.05) is 36.9 Å². The molecule has 1 aliphatic rings. The molecule has 0 radical (unpaired) electrons. The third kappa shape index (κ3) is 2.58. The zero-order valence-corrected chi connectivity index (χ0v) is 11.9. The van der Waals surface area contributed by atoms with Gasteiger partial charge in [0.05, 0.1) is 11.4 Å². The highest BCUT2D eigenvalue weighted by Gasteiger charge is 2.27. The van der Waals surface area contributed by atoms with E-state index in [0.29, 0.717) is 5.75 Å². The first-order valence-corrected chi connectivity index (χ1v) is 7.20. The topological polar surface area (TPSA) is 32.7 Å². The maximum Gasteiger partial charge on any atom is 0.239 e. The molecule has 0 spiro atoms. The number of amides is 1. The fourth-order valence-corrected chi connectivity index (χ4v) is 2.92. The van der Waals surface area contributed by atoms with Crippen LogP contribution in [-0.2, 0) is 4.79 Å². The number of benzene rings is 1. The van der Waals surface area contributed by atoms with E-state index in [2.05, 4.69) is 32.9 Å². The predicted molar refractivity (Wildman–Crippen MR) is 77.5 cm³/mol. The molecule has 1 aliphatic heterocycles. The van der Waals surface area contributed by atoms with Crippen LogP contribution >= 0.6 is 11.8 Å². The highest BCUT2D eigenvalue weighted by molar-refractivity contribution is 8.15. The van der Waals surface area contributed by atoms with E-state index < -0.39 is 0 Å². The Labute approximate surface area is 112 Å². The van der Waals surface area contributed by atoms with Gasteiger partial charge in [0, 0.05) is 6.54 Å². The monoisotopic (exact) mass is 262 g/mol. The van der Waals surface area contributed by atoms with Gasteiger partial charge in [-0.3, -0.25) is 9.69 Å². The average molecular weight is 262 g/mol. The SMILES string of the molecule is CCCN1C(=O)CSC1=Nc1c(C)cccc1C. The van der Waals surface area contributed by atoms with Crippen molar-refractivity contribution in [3.63, 3.8) is 0 Å². The van der Waals surface area contributed by atoms with E-state index >= 15 is 0 Å². The summed E-state index contributed by atoms with van der Waals surface area (Å²) < 4.78 is 0. The van der Waals surface area contributed by atoms with Crippen LogP contribution in [0.25, 0.3) is 0 Å². The second-order valence-corrected chi connectivity index (χ2v) is 5.41. The van der Waals surface area contributed by atoms with E-state index in [9.17, 15) is 4.79 Å². The molecular weight excluding hydrogens is 244 g/mol. The normalized spacial score (nSPS) is 17.8. The van der Waals surface area contributed by atoms with E-state index in [0.717, 1.165) is 34.9 Å². The molecule has 18 heavy (non-hydrogen) atoms. The van der Waals surface area contributed by atoms with Crippen LogP contribution in [0.15, 0.2) is 23.2 Å². The van der Waals surface area contributed by atoms with Gasteiger partial charge >= 0.3 is 0 Å². The lowest BCUT2D eigenvalue weighted by Crippen LogP contribution is -2.30. The number of thioether (sulfide) groups is 1. The number of amidine groups is 1. The van der Waals surface area contributed by atoms with Crippen molar-refractivity contribution < 1.29 is 4.79 Å². The van der Waals surface area contributed by atoms with Gasteiger partial charge in [0.1, 0.15) is 0 Å². The molecule has 0 atom stereocenters. The fraction of sp³-hybridized carbons (Fsp3) is 0.429. The van der Waals surface area contributed by atoms with E-state index in [4.69, 9.17) is 4.99 Å². The number of nitrogens with zero attached hydrogens (tertiary/aromatic N) is 2. The first-order chi connectivity index (χ1) is 8.63. The number of hydrogen-bond donors (Lipinski definition) is 0. The smallest absolute Gasteiger partial charge is 0.239 e. The summed E-state index contributed by atoms with van der Waals surface area (Å²) in [6, 6.07) is 6.14. The summed E-state index contributed by atoms with van der Waals surface area (Å²) >= 11 is 1.54. The van der Waals surface area contributed by atoms with Gasteiger partial charge in [0.15, 0.2) is 5.17 Å². The summed E-state index contributed by atoms with van der Waals surface area (Å²) in [7, 11) is 0. The fourth-order valence-electron chi connectivity index (χ4n) is 2.00. The Morgan fingerprint density at radius 1 is 1.33 bits per heavy atom. The van der Waals surface area contributed by atoms with Crippen molar-refractivity contribution >= 4 is 28.5 Å². The van der Waals surface area contributed by atoms with Gasteiger partial charge in [0.25, 0.3) is 0 Å². The number of aryl methyl sites for hydroxylation is 2. The molecule has 1 aromatic rings. The standard InChI is InChI=1S/C14H18N2OS/c1-4-8-16-12(17)9-18-14(16)15-13-10(2)6-5-7-11(13)3/h5-7H,4,8-9H2,1-3H3. The molecule has 0 unspecified atom stereocenters. The zero-order chi connectivity index (χ0) is 13.1. The third-order valence-electron chi connectivity index (χ3n) is 2.95. The van der Waals surface area contributed by atoms with E-state index in [1.807, 2.05) is 6.07 Å². The van der Waals surface area contributed by atoms with Crippen LogP contribution in [0.4, 0.5) is 5.69 Å². The van der Waals surface area contributed by atoms with E-state index in [1.165, 1.54) is 11.8 Å². The van der Waals surface area contributed by atoms with Crippen LogP contribution < -0.4 is 0 Å². The second-order valence-electron chi connectivity index (χ2n) is 4.47. The molecule has 1 amide bonds. The Balaban J connectivity index is 2.35. The van der Waals surface area contributed by atoms with Crippen LogP contribution in [-0.4, -0.2) is 28.3 Å². The molecule has 1 heterocycles. The molecule has 0 aliphatic carbocycles. The predicted octanol–water partition coefficient (Wildman–Crippen LogP) is 3.28. The van der Waals surface area contributed by atoms with Crippen LogP contribution in [0.5, 0.6) is 0 Å². The first kappa shape index (κ1) is 13.1. The Morgan fingerprint density at radius 3 is 2.61 bits per heavy atom. The van der Waals surface area contributed by atoms with Crippen LogP contribution in [0.1, 0.15) is 24.5 Å². The van der Waals surface area contributed by atoms with Gasteiger partial charge in [-0.05, 0) is 31.4 Å². The van der Waals surface area contributed by atoms with E-state index in [1.54, 1.807) is 4.90 Å². The highest BCUT2D eigenvalue weighted by atomic mass is 32.2. The molecule has 96 valence electrons. The van der Waals surface area contributed by atoms with Crippen LogP contribution in [0.3, 0.4) is 0 Å². The number of rotatable bonds is 3. The molecule has 1 saturated heterocycles. The zero-order valence-electron chi connectivity index (χ0n) is 11.1. The third-order valence-corrected chi connectivity index (χ3v) is 3.91. The largest absolute Gasteiger partial charge is 0.291 e. The summed E-state index contributed by atoms with van der Waals surface area (Å²) in [6.45, 7) is 6.94. The molecular formula is C14H18N2OS. The van der Waals surface area contributed by atoms with Gasteiger partial charge in [-0.15, -0.1) is 0 Å². The van der Waals surface area contributed by atoms with Gasteiger partial charge in [-0.25, -0.2) is 4.99 Å². The van der Waals surface area contributed by atoms with Crippen molar-refractivity contribution in [2.45, 2.75) is 27.2 Å². The van der Waals surface area contributed by atoms with Crippen molar-refractivity contribution in [2.75, 3.05) is 12.3 Å². The summed E-state index contributed by atoms with van der Waals surface area (Å²) in [5, 5.41) is 0.847. The molecule has 0 bridgehead atoms. The quantitative estimate of drug-likeness (QED) is 0.837. The van der Waals surface area contributed by atoms with Gasteiger partial charge in [0.2, 0.25) is 5.91 Å². The lowest BCUT2D eigenvalue weighted by Gasteiger charge is -2.15. The molecule has 1 fully saturated rings. The first-order valence-electron chi connectivity index (χ1n) is 6.21. The second kappa shape index (κ2) is 5.57. The minimum atomic E-state index is 0.173. The molecule has 3 nitrogen and oxygen atoms in total. The summed E-state index contributed by atoms with van der Waals surface area (Å²) in [5.41, 5.74) is 3.30. The highest BCUT2D eigenvalue weighted by Crippen LogP contribution is 2.28. The number of aliphatic imine (C=N–C) groups is 1. The lowest BCUT2D eigenvalue weighted by molar-refractivity contribution is -0.124. The van der Waals surface area contributed by atoms with Gasteiger partial charge < -0.3 is 0 Å². The summed E-state index contributed by atoms with van der Waals surface area (Å²) in [5.74, 6) is 0.691. The molecule has 2 rings (SSSR count). The van der Waals surface area contributed by atoms with Crippen LogP contribution in [0.2, 0.25) is 0 Å².